The summed E-state index contributed by atoms with van der Waals surface area (Å²) in [5, 5.41) is 8.86. The molecule has 0 spiro atoms. The molecule has 0 atom stereocenters. The number of aliphatic hydroxyl groups excluding tert-OH is 1. The number of benzene rings is 1. The molecule has 0 radical (unpaired) electrons. The van der Waals surface area contributed by atoms with Crippen LogP contribution in [0.3, 0.4) is 0 Å². The Morgan fingerprint density at radius 3 is 2.88 bits per heavy atom. The fraction of sp³-hybridized carbons (Fsp3) is 0.538. The van der Waals surface area contributed by atoms with E-state index in [0.29, 0.717) is 0 Å². The first-order chi connectivity index (χ1) is 7.79. The van der Waals surface area contributed by atoms with Crippen LogP contribution in [0.2, 0.25) is 0 Å². The molecule has 1 saturated carbocycles. The normalized spacial score (nSPS) is 15.1. The lowest BCUT2D eigenvalue weighted by Gasteiger charge is -2.11. The molecule has 16 heavy (non-hydrogen) atoms. The van der Waals surface area contributed by atoms with Gasteiger partial charge in [0.15, 0.2) is 0 Å². The second-order valence-corrected chi connectivity index (χ2v) is 5.25. The van der Waals surface area contributed by atoms with Crippen LogP contribution in [0.15, 0.2) is 22.7 Å². The summed E-state index contributed by atoms with van der Waals surface area (Å²) in [4.78, 5) is 0. The van der Waals surface area contributed by atoms with Gasteiger partial charge >= 0.3 is 0 Å². The van der Waals surface area contributed by atoms with Crippen molar-refractivity contribution in [3.63, 3.8) is 0 Å². The van der Waals surface area contributed by atoms with Gasteiger partial charge in [0.1, 0.15) is 5.75 Å². The van der Waals surface area contributed by atoms with Gasteiger partial charge in [-0.15, -0.1) is 0 Å². The lowest BCUT2D eigenvalue weighted by molar-refractivity contribution is 0.282. The fourth-order valence-corrected chi connectivity index (χ4v) is 2.05. The summed E-state index contributed by atoms with van der Waals surface area (Å²) in [6, 6.07) is 6.10. The standard InChI is InChI=1S/C13H17BrO2/c14-12-5-6-13(16-9-10-3-4-10)11(8-12)2-1-7-15/h5-6,8,10,15H,1-4,7,9H2. The molecule has 0 bridgehead atoms. The number of rotatable bonds is 6. The molecule has 1 aromatic carbocycles. The van der Waals surface area contributed by atoms with Crippen LogP contribution in [-0.4, -0.2) is 18.3 Å². The summed E-state index contributed by atoms with van der Waals surface area (Å²) in [7, 11) is 0. The monoisotopic (exact) mass is 284 g/mol. The van der Waals surface area contributed by atoms with Gasteiger partial charge in [-0.05, 0) is 55.4 Å². The highest BCUT2D eigenvalue weighted by atomic mass is 79.9. The maximum absolute atomic E-state index is 8.86. The zero-order chi connectivity index (χ0) is 11.4. The van der Waals surface area contributed by atoms with Gasteiger partial charge in [0.25, 0.3) is 0 Å². The molecule has 0 unspecified atom stereocenters. The van der Waals surface area contributed by atoms with Crippen molar-refractivity contribution in [1.82, 2.24) is 0 Å². The number of hydrogen-bond donors (Lipinski definition) is 1. The summed E-state index contributed by atoms with van der Waals surface area (Å²) in [5.41, 5.74) is 1.18. The molecule has 1 aliphatic carbocycles. The van der Waals surface area contributed by atoms with Crippen LogP contribution in [-0.2, 0) is 6.42 Å². The smallest absolute Gasteiger partial charge is 0.122 e. The van der Waals surface area contributed by atoms with Crippen LogP contribution in [0.5, 0.6) is 5.75 Å². The van der Waals surface area contributed by atoms with Crippen molar-refractivity contribution < 1.29 is 9.84 Å². The quantitative estimate of drug-likeness (QED) is 0.870. The fourth-order valence-electron chi connectivity index (χ4n) is 1.65. The molecule has 1 aliphatic rings. The Labute approximate surface area is 105 Å². The zero-order valence-electron chi connectivity index (χ0n) is 9.29. The van der Waals surface area contributed by atoms with Crippen LogP contribution in [0.1, 0.15) is 24.8 Å². The molecule has 88 valence electrons. The van der Waals surface area contributed by atoms with E-state index in [1.165, 1.54) is 18.4 Å². The van der Waals surface area contributed by atoms with Gasteiger partial charge in [0.2, 0.25) is 0 Å². The Morgan fingerprint density at radius 1 is 1.38 bits per heavy atom. The molecule has 1 aromatic rings. The van der Waals surface area contributed by atoms with Crippen molar-refractivity contribution in [2.75, 3.05) is 13.2 Å². The SMILES string of the molecule is OCCCc1cc(Br)ccc1OCC1CC1. The van der Waals surface area contributed by atoms with E-state index in [4.69, 9.17) is 9.84 Å². The minimum atomic E-state index is 0.231. The van der Waals surface area contributed by atoms with Gasteiger partial charge in [-0.3, -0.25) is 0 Å². The number of aryl methyl sites for hydroxylation is 1. The van der Waals surface area contributed by atoms with E-state index < -0.39 is 0 Å². The third-order valence-corrected chi connectivity index (χ3v) is 3.29. The molecule has 0 heterocycles. The van der Waals surface area contributed by atoms with E-state index in [0.717, 1.165) is 35.6 Å². The summed E-state index contributed by atoms with van der Waals surface area (Å²) in [6.07, 6.45) is 4.27. The van der Waals surface area contributed by atoms with Gasteiger partial charge < -0.3 is 9.84 Å². The molecular formula is C13H17BrO2. The third-order valence-electron chi connectivity index (χ3n) is 2.80. The average molecular weight is 285 g/mol. The summed E-state index contributed by atoms with van der Waals surface area (Å²) in [6.45, 7) is 1.07. The first-order valence-corrected chi connectivity index (χ1v) is 6.61. The molecule has 0 aromatic heterocycles. The van der Waals surface area contributed by atoms with E-state index in [-0.39, 0.29) is 6.61 Å². The van der Waals surface area contributed by atoms with Crippen LogP contribution in [0, 0.1) is 5.92 Å². The highest BCUT2D eigenvalue weighted by Gasteiger charge is 2.22. The first-order valence-electron chi connectivity index (χ1n) is 5.81. The Hall–Kier alpha value is -0.540. The van der Waals surface area contributed by atoms with Crippen LogP contribution in [0.4, 0.5) is 0 Å². The average Bonchev–Trinajstić information content (AvgIpc) is 3.09. The van der Waals surface area contributed by atoms with Gasteiger partial charge in [-0.25, -0.2) is 0 Å². The van der Waals surface area contributed by atoms with Gasteiger partial charge in [-0.1, -0.05) is 15.9 Å². The maximum Gasteiger partial charge on any atom is 0.122 e. The number of halogens is 1. The van der Waals surface area contributed by atoms with Crippen LogP contribution >= 0.6 is 15.9 Å². The van der Waals surface area contributed by atoms with Gasteiger partial charge in [0, 0.05) is 11.1 Å². The van der Waals surface area contributed by atoms with E-state index in [1.54, 1.807) is 0 Å². The lowest BCUT2D eigenvalue weighted by Crippen LogP contribution is -2.02. The molecule has 3 heteroatoms. The van der Waals surface area contributed by atoms with E-state index in [1.807, 2.05) is 12.1 Å². The van der Waals surface area contributed by atoms with Crippen LogP contribution in [0.25, 0.3) is 0 Å². The van der Waals surface area contributed by atoms with Crippen LogP contribution < -0.4 is 4.74 Å². The number of ether oxygens (including phenoxy) is 1. The maximum atomic E-state index is 8.86. The lowest BCUT2D eigenvalue weighted by atomic mass is 10.1. The van der Waals surface area contributed by atoms with E-state index in [9.17, 15) is 0 Å². The Bertz CT molecular complexity index is 348. The summed E-state index contributed by atoms with van der Waals surface area (Å²) in [5.74, 6) is 1.75. The van der Waals surface area contributed by atoms with E-state index in [2.05, 4.69) is 22.0 Å². The van der Waals surface area contributed by atoms with E-state index >= 15 is 0 Å². The molecule has 0 saturated heterocycles. The largest absolute Gasteiger partial charge is 0.493 e. The molecule has 0 aliphatic heterocycles. The molecule has 0 amide bonds. The van der Waals surface area contributed by atoms with Crippen molar-refractivity contribution in [3.05, 3.63) is 28.2 Å². The third kappa shape index (κ3) is 3.49. The Morgan fingerprint density at radius 2 is 2.19 bits per heavy atom. The summed E-state index contributed by atoms with van der Waals surface area (Å²) >= 11 is 3.46. The van der Waals surface area contributed by atoms with Crippen molar-refractivity contribution in [1.29, 1.82) is 0 Å². The van der Waals surface area contributed by atoms with Crippen molar-refractivity contribution in [2.45, 2.75) is 25.7 Å². The first kappa shape index (κ1) is 11.9. The second kappa shape index (κ2) is 5.69. The Balaban J connectivity index is 2.00. The zero-order valence-corrected chi connectivity index (χ0v) is 10.9. The van der Waals surface area contributed by atoms with Gasteiger partial charge in [0.05, 0.1) is 6.61 Å². The number of hydrogen-bond acceptors (Lipinski definition) is 2. The minimum absolute atomic E-state index is 0.231. The highest BCUT2D eigenvalue weighted by Crippen LogP contribution is 2.31. The predicted octanol–water partition coefficient (Wildman–Crippen LogP) is 3.16. The Kier molecular flexibility index (Phi) is 4.24. The molecule has 2 nitrogen and oxygen atoms in total. The topological polar surface area (TPSA) is 29.5 Å². The minimum Gasteiger partial charge on any atom is -0.493 e. The summed E-state index contributed by atoms with van der Waals surface area (Å²) < 4.78 is 6.88. The predicted molar refractivity (Wildman–Crippen MR) is 67.8 cm³/mol. The number of aliphatic hydroxyl groups is 1. The van der Waals surface area contributed by atoms with Crippen molar-refractivity contribution >= 4 is 15.9 Å². The molecule has 1 fully saturated rings. The van der Waals surface area contributed by atoms with Crippen molar-refractivity contribution in [3.8, 4) is 5.75 Å². The van der Waals surface area contributed by atoms with Crippen molar-refractivity contribution in [2.24, 2.45) is 5.92 Å². The second-order valence-electron chi connectivity index (χ2n) is 4.33. The highest BCUT2D eigenvalue weighted by molar-refractivity contribution is 9.10. The van der Waals surface area contributed by atoms with Gasteiger partial charge in [-0.2, -0.15) is 0 Å². The molecular weight excluding hydrogens is 268 g/mol. The molecule has 1 N–H and O–H groups in total. The molecule has 2 rings (SSSR count).